The van der Waals surface area contributed by atoms with Crippen molar-refractivity contribution in [3.05, 3.63) is 59.5 Å². The molecule has 0 fully saturated rings. The van der Waals surface area contributed by atoms with Gasteiger partial charge in [0.2, 0.25) is 20.0 Å². The quantitative estimate of drug-likeness (QED) is 0.435. The summed E-state index contributed by atoms with van der Waals surface area (Å²) < 4.78 is 55.8. The third-order valence-corrected chi connectivity index (χ3v) is 10.7. The number of rotatable bonds is 10. The molecule has 0 saturated heterocycles. The smallest absolute Gasteiger partial charge is 0.213 e. The number of nitrogen functional groups attached to an aromatic ring is 1. The SMILES string of the molecule is CC(C)S(=O)(=O)NCC1(CNS(=O)(=O)C(C)C)CC=CC=C1c1ccc(-c2sccc2N)cc1. The number of benzene rings is 1. The summed E-state index contributed by atoms with van der Waals surface area (Å²) >= 11 is 1.57. The summed E-state index contributed by atoms with van der Waals surface area (Å²) in [6.07, 6.45) is 6.29. The molecule has 10 heteroatoms. The minimum Gasteiger partial charge on any atom is -0.398 e. The van der Waals surface area contributed by atoms with Gasteiger partial charge in [0, 0.05) is 18.5 Å². The van der Waals surface area contributed by atoms with Gasteiger partial charge in [0.05, 0.1) is 21.1 Å². The van der Waals surface area contributed by atoms with E-state index < -0.39 is 36.0 Å². The molecule has 1 heterocycles. The number of hydrogen-bond acceptors (Lipinski definition) is 6. The lowest BCUT2D eigenvalue weighted by Crippen LogP contribution is -2.48. The van der Waals surface area contributed by atoms with E-state index in [0.29, 0.717) is 6.42 Å². The van der Waals surface area contributed by atoms with Crippen LogP contribution in [0, 0.1) is 5.41 Å². The Kier molecular flexibility index (Phi) is 8.09. The highest BCUT2D eigenvalue weighted by Gasteiger charge is 2.38. The Bertz CT molecular complexity index is 1230. The minimum atomic E-state index is -3.54. The Balaban J connectivity index is 1.99. The van der Waals surface area contributed by atoms with Gasteiger partial charge in [0.1, 0.15) is 0 Å². The third-order valence-electron chi connectivity index (χ3n) is 6.10. The molecule has 0 radical (unpaired) electrons. The van der Waals surface area contributed by atoms with E-state index >= 15 is 0 Å². The van der Waals surface area contributed by atoms with E-state index in [1.165, 1.54) is 0 Å². The molecule has 1 aliphatic carbocycles. The first kappa shape index (κ1) is 26.6. The van der Waals surface area contributed by atoms with Gasteiger partial charge in [0.25, 0.3) is 0 Å². The molecule has 7 nitrogen and oxygen atoms in total. The van der Waals surface area contributed by atoms with Crippen molar-refractivity contribution >= 4 is 42.6 Å². The first-order valence-corrected chi connectivity index (χ1v) is 15.1. The van der Waals surface area contributed by atoms with Crippen molar-refractivity contribution in [3.63, 3.8) is 0 Å². The lowest BCUT2D eigenvalue weighted by Gasteiger charge is -2.38. The minimum absolute atomic E-state index is 0.0733. The second kappa shape index (κ2) is 10.3. The predicted octanol–water partition coefficient (Wildman–Crippen LogP) is 3.98. The zero-order valence-electron chi connectivity index (χ0n) is 19.9. The summed E-state index contributed by atoms with van der Waals surface area (Å²) in [4.78, 5) is 0.990. The Hall–Kier alpha value is -1.98. The lowest BCUT2D eigenvalue weighted by molar-refractivity contribution is 0.391. The van der Waals surface area contributed by atoms with Gasteiger partial charge in [-0.25, -0.2) is 26.3 Å². The maximum absolute atomic E-state index is 12.6. The van der Waals surface area contributed by atoms with Crippen LogP contribution in [-0.4, -0.2) is 40.4 Å². The number of hydrogen-bond donors (Lipinski definition) is 3. The molecule has 0 unspecified atom stereocenters. The highest BCUT2D eigenvalue weighted by molar-refractivity contribution is 7.90. The topological polar surface area (TPSA) is 118 Å². The van der Waals surface area contributed by atoms with Crippen LogP contribution in [0.4, 0.5) is 5.69 Å². The maximum atomic E-state index is 12.6. The molecular weight excluding hydrogens is 490 g/mol. The first-order valence-electron chi connectivity index (χ1n) is 11.2. The van der Waals surface area contributed by atoms with Crippen molar-refractivity contribution in [2.45, 2.75) is 44.6 Å². The average molecular weight is 524 g/mol. The van der Waals surface area contributed by atoms with E-state index in [4.69, 9.17) is 5.73 Å². The second-order valence-corrected chi connectivity index (χ2v) is 14.7. The molecule has 1 aliphatic rings. The van der Waals surface area contributed by atoms with E-state index in [9.17, 15) is 16.8 Å². The van der Waals surface area contributed by atoms with E-state index in [2.05, 4.69) is 9.44 Å². The fraction of sp³-hybridized carbons (Fsp3) is 0.417. The molecule has 4 N–H and O–H groups in total. The first-order chi connectivity index (χ1) is 15.9. The van der Waals surface area contributed by atoms with Crippen LogP contribution < -0.4 is 15.2 Å². The van der Waals surface area contributed by atoms with Crippen LogP contribution in [0.3, 0.4) is 0 Å². The summed E-state index contributed by atoms with van der Waals surface area (Å²) in [6.45, 7) is 6.60. The Morgan fingerprint density at radius 2 is 1.44 bits per heavy atom. The van der Waals surface area contributed by atoms with E-state index in [1.54, 1.807) is 39.0 Å². The van der Waals surface area contributed by atoms with Crippen LogP contribution in [0.5, 0.6) is 0 Å². The number of allylic oxidation sites excluding steroid dienone is 3. The van der Waals surface area contributed by atoms with Gasteiger partial charge >= 0.3 is 0 Å². The normalized spacial score (nSPS) is 16.2. The van der Waals surface area contributed by atoms with Gasteiger partial charge in [-0.2, -0.15) is 0 Å². The Morgan fingerprint density at radius 3 is 1.91 bits per heavy atom. The maximum Gasteiger partial charge on any atom is 0.213 e. The number of anilines is 1. The van der Waals surface area contributed by atoms with Gasteiger partial charge in [-0.1, -0.05) is 42.5 Å². The van der Waals surface area contributed by atoms with Crippen molar-refractivity contribution in [3.8, 4) is 10.4 Å². The molecule has 0 saturated carbocycles. The number of sulfonamides is 2. The predicted molar refractivity (Wildman–Crippen MR) is 142 cm³/mol. The molecule has 1 aromatic carbocycles. The molecule has 0 spiro atoms. The molecule has 3 rings (SSSR count). The third kappa shape index (κ3) is 5.80. The Morgan fingerprint density at radius 1 is 0.912 bits per heavy atom. The second-order valence-electron chi connectivity index (χ2n) is 9.11. The van der Waals surface area contributed by atoms with Gasteiger partial charge in [0.15, 0.2) is 0 Å². The molecule has 1 aromatic heterocycles. The van der Waals surface area contributed by atoms with Crippen molar-refractivity contribution in [1.29, 1.82) is 0 Å². The van der Waals surface area contributed by atoms with Crippen LogP contribution in [0.25, 0.3) is 16.0 Å². The summed E-state index contributed by atoms with van der Waals surface area (Å²) in [5.41, 5.74) is 8.76. The molecule has 0 amide bonds. The fourth-order valence-electron chi connectivity index (χ4n) is 3.71. The van der Waals surface area contributed by atoms with Gasteiger partial charge < -0.3 is 5.73 Å². The average Bonchev–Trinajstić information content (AvgIpc) is 3.22. The van der Waals surface area contributed by atoms with Gasteiger partial charge in [-0.15, -0.1) is 11.3 Å². The van der Waals surface area contributed by atoms with Gasteiger partial charge in [-0.3, -0.25) is 0 Å². The number of thiophene rings is 1. The molecule has 34 heavy (non-hydrogen) atoms. The molecule has 0 aliphatic heterocycles. The van der Waals surface area contributed by atoms with Crippen LogP contribution in [-0.2, 0) is 20.0 Å². The number of nitrogens with one attached hydrogen (secondary N) is 2. The summed E-state index contributed by atoms with van der Waals surface area (Å²) in [7, 11) is -7.09. The van der Waals surface area contributed by atoms with Crippen molar-refractivity contribution in [2.24, 2.45) is 5.41 Å². The zero-order chi connectivity index (χ0) is 25.1. The molecule has 0 bridgehead atoms. The molecule has 186 valence electrons. The van der Waals surface area contributed by atoms with Crippen molar-refractivity contribution < 1.29 is 16.8 Å². The monoisotopic (exact) mass is 523 g/mol. The van der Waals surface area contributed by atoms with E-state index in [0.717, 1.165) is 27.3 Å². The summed E-state index contributed by atoms with van der Waals surface area (Å²) in [6, 6.07) is 9.79. The molecular formula is C24H33N3O4S3. The van der Waals surface area contributed by atoms with Crippen LogP contribution >= 0.6 is 11.3 Å². The summed E-state index contributed by atoms with van der Waals surface area (Å²) in [5.74, 6) is 0. The fourth-order valence-corrected chi connectivity index (χ4v) is 6.16. The Labute approximate surface area is 207 Å². The largest absolute Gasteiger partial charge is 0.398 e. The van der Waals surface area contributed by atoms with Crippen molar-refractivity contribution in [2.75, 3.05) is 18.8 Å². The van der Waals surface area contributed by atoms with Gasteiger partial charge in [-0.05, 0) is 62.3 Å². The highest BCUT2D eigenvalue weighted by atomic mass is 32.2. The van der Waals surface area contributed by atoms with E-state index in [-0.39, 0.29) is 13.1 Å². The standard InChI is InChI=1S/C24H33N3O4S3/c1-17(2)33(28,29)26-15-24(16-27-34(30,31)18(3)4)13-6-5-7-21(24)19-8-10-20(11-9-19)23-22(25)12-14-32-23/h5-12,14,17-18,26-27H,13,15-16,25H2,1-4H3. The van der Waals surface area contributed by atoms with Crippen LogP contribution in [0.15, 0.2) is 53.9 Å². The highest BCUT2D eigenvalue weighted by Crippen LogP contribution is 2.42. The molecule has 2 aromatic rings. The lowest BCUT2D eigenvalue weighted by atomic mass is 9.72. The van der Waals surface area contributed by atoms with Crippen molar-refractivity contribution in [1.82, 2.24) is 9.44 Å². The molecule has 0 atom stereocenters. The van der Waals surface area contributed by atoms with Crippen LogP contribution in [0.1, 0.15) is 39.7 Å². The number of nitrogens with two attached hydrogens (primary N) is 1. The van der Waals surface area contributed by atoms with E-state index in [1.807, 2.05) is 53.9 Å². The zero-order valence-corrected chi connectivity index (χ0v) is 22.4. The summed E-state index contributed by atoms with van der Waals surface area (Å²) in [5, 5.41) is 0.748. The van der Waals surface area contributed by atoms with Crippen LogP contribution in [0.2, 0.25) is 0 Å².